The summed E-state index contributed by atoms with van der Waals surface area (Å²) >= 11 is 5.64. The molecule has 1 saturated heterocycles. The van der Waals surface area contributed by atoms with Crippen molar-refractivity contribution in [3.05, 3.63) is 0 Å². The van der Waals surface area contributed by atoms with E-state index in [4.69, 9.17) is 16.3 Å². The highest BCUT2D eigenvalue weighted by atomic mass is 35.5. The topological polar surface area (TPSA) is 38.3 Å². The number of nitrogens with one attached hydrogen (secondary N) is 1. The predicted molar refractivity (Wildman–Crippen MR) is 65.6 cm³/mol. The molecule has 1 fully saturated rings. The second-order valence-electron chi connectivity index (χ2n) is 4.82. The van der Waals surface area contributed by atoms with Crippen LogP contribution in [0.25, 0.3) is 0 Å². The van der Waals surface area contributed by atoms with E-state index in [-0.39, 0.29) is 36.0 Å². The van der Waals surface area contributed by atoms with E-state index in [0.29, 0.717) is 5.88 Å². The number of ether oxygens (including phenoxy) is 1. The van der Waals surface area contributed by atoms with Crippen LogP contribution in [0.1, 0.15) is 34.1 Å². The van der Waals surface area contributed by atoms with Crippen molar-refractivity contribution < 1.29 is 9.53 Å². The van der Waals surface area contributed by atoms with Gasteiger partial charge in [-0.15, -0.1) is 11.6 Å². The first-order chi connectivity index (χ1) is 7.47. The number of carbonyl (C=O) groups excluding carboxylic acids is 1. The van der Waals surface area contributed by atoms with Crippen LogP contribution in [0, 0.1) is 11.8 Å². The zero-order chi connectivity index (χ0) is 12.3. The molecule has 5 unspecified atom stereocenters. The van der Waals surface area contributed by atoms with Gasteiger partial charge in [-0.1, -0.05) is 6.92 Å². The lowest BCUT2D eigenvalue weighted by molar-refractivity contribution is -0.127. The van der Waals surface area contributed by atoms with Crippen LogP contribution in [0.2, 0.25) is 0 Å². The third kappa shape index (κ3) is 3.11. The summed E-state index contributed by atoms with van der Waals surface area (Å²) < 4.78 is 5.66. The summed E-state index contributed by atoms with van der Waals surface area (Å²) in [5, 5.41) is 3.00. The minimum atomic E-state index is -0.0345. The van der Waals surface area contributed by atoms with Crippen molar-refractivity contribution in [1.29, 1.82) is 0 Å². The second-order valence-corrected chi connectivity index (χ2v) is 5.20. The fourth-order valence-electron chi connectivity index (χ4n) is 2.29. The van der Waals surface area contributed by atoms with Gasteiger partial charge >= 0.3 is 0 Å². The highest BCUT2D eigenvalue weighted by molar-refractivity contribution is 6.17. The van der Waals surface area contributed by atoms with E-state index in [1.165, 1.54) is 0 Å². The number of hydrogen-bond acceptors (Lipinski definition) is 2. The number of alkyl halides is 1. The van der Waals surface area contributed by atoms with Crippen molar-refractivity contribution in [3.63, 3.8) is 0 Å². The molecule has 3 nitrogen and oxygen atoms in total. The van der Waals surface area contributed by atoms with E-state index >= 15 is 0 Å². The maximum atomic E-state index is 12.1. The molecule has 94 valence electrons. The van der Waals surface area contributed by atoms with Gasteiger partial charge in [-0.2, -0.15) is 0 Å². The first-order valence-electron chi connectivity index (χ1n) is 5.99. The number of halogens is 1. The Bertz CT molecular complexity index is 247. The van der Waals surface area contributed by atoms with Crippen molar-refractivity contribution in [2.45, 2.75) is 52.4 Å². The molecule has 0 aromatic heterocycles. The minimum absolute atomic E-state index is 0.00759. The molecule has 1 heterocycles. The maximum Gasteiger partial charge on any atom is 0.226 e. The van der Waals surface area contributed by atoms with Crippen molar-refractivity contribution >= 4 is 17.5 Å². The fraction of sp³-hybridized carbons (Fsp3) is 0.917. The summed E-state index contributed by atoms with van der Waals surface area (Å²) in [6.07, 6.45) is 0.974. The Morgan fingerprint density at radius 1 is 1.38 bits per heavy atom. The molecule has 5 atom stereocenters. The molecule has 0 aromatic carbocycles. The van der Waals surface area contributed by atoms with Gasteiger partial charge < -0.3 is 10.1 Å². The summed E-state index contributed by atoms with van der Waals surface area (Å²) in [6, 6.07) is 0.139. The first-order valence-corrected chi connectivity index (χ1v) is 6.52. The molecule has 0 bridgehead atoms. The van der Waals surface area contributed by atoms with Gasteiger partial charge in [-0.05, 0) is 33.1 Å². The normalized spacial score (nSPS) is 36.1. The van der Waals surface area contributed by atoms with Crippen LogP contribution < -0.4 is 5.32 Å². The second kappa shape index (κ2) is 5.87. The van der Waals surface area contributed by atoms with Gasteiger partial charge in [0.2, 0.25) is 5.91 Å². The number of hydrogen-bond donors (Lipinski definition) is 1. The smallest absolute Gasteiger partial charge is 0.226 e. The van der Waals surface area contributed by atoms with Crippen molar-refractivity contribution in [2.24, 2.45) is 11.8 Å². The zero-order valence-corrected chi connectivity index (χ0v) is 11.3. The summed E-state index contributed by atoms with van der Waals surface area (Å²) in [5.41, 5.74) is 0. The lowest BCUT2D eigenvalue weighted by atomic mass is 9.88. The molecular formula is C12H22ClNO2. The van der Waals surface area contributed by atoms with Crippen LogP contribution in [-0.4, -0.2) is 30.0 Å². The van der Waals surface area contributed by atoms with E-state index in [9.17, 15) is 4.79 Å². The molecule has 1 amide bonds. The Balaban J connectivity index is 2.53. The summed E-state index contributed by atoms with van der Waals surface area (Å²) in [4.78, 5) is 12.1. The van der Waals surface area contributed by atoms with Crippen molar-refractivity contribution in [3.8, 4) is 0 Å². The van der Waals surface area contributed by atoms with Crippen molar-refractivity contribution in [1.82, 2.24) is 5.32 Å². The molecule has 0 radical (unpaired) electrons. The number of carbonyl (C=O) groups is 1. The van der Waals surface area contributed by atoms with Gasteiger partial charge in [0, 0.05) is 11.9 Å². The molecule has 0 aromatic rings. The lowest BCUT2D eigenvalue weighted by Crippen LogP contribution is -2.41. The Morgan fingerprint density at radius 2 is 2.00 bits per heavy atom. The molecule has 0 aliphatic carbocycles. The molecule has 0 saturated carbocycles. The molecular weight excluding hydrogens is 226 g/mol. The Labute approximate surface area is 103 Å². The summed E-state index contributed by atoms with van der Waals surface area (Å²) in [7, 11) is 0. The van der Waals surface area contributed by atoms with Gasteiger partial charge in [0.25, 0.3) is 0 Å². The van der Waals surface area contributed by atoms with Gasteiger partial charge in [-0.25, -0.2) is 0 Å². The largest absolute Gasteiger partial charge is 0.374 e. The molecule has 4 heteroatoms. The van der Waals surface area contributed by atoms with Gasteiger partial charge in [-0.3, -0.25) is 4.79 Å². The summed E-state index contributed by atoms with van der Waals surface area (Å²) in [6.45, 7) is 8.05. The van der Waals surface area contributed by atoms with Crippen LogP contribution >= 0.6 is 11.6 Å². The predicted octanol–water partition coefficient (Wildman–Crippen LogP) is 2.18. The molecule has 0 spiro atoms. The van der Waals surface area contributed by atoms with E-state index in [0.717, 1.165) is 6.42 Å². The Hall–Kier alpha value is -0.280. The lowest BCUT2D eigenvalue weighted by Gasteiger charge is -2.21. The average molecular weight is 248 g/mol. The standard InChI is InChI=1S/C12H22ClNO2/c1-7(5-6-13)14-12(15)11-8(2)9(3)16-10(11)4/h7-11H,5-6H2,1-4H3,(H,14,15). The van der Waals surface area contributed by atoms with E-state index in [1.807, 2.05) is 20.8 Å². The highest BCUT2D eigenvalue weighted by Crippen LogP contribution is 2.32. The van der Waals surface area contributed by atoms with Crippen LogP contribution in [0.15, 0.2) is 0 Å². The SMILES string of the molecule is CC(CCCl)NC(=O)C1C(C)OC(C)C1C. The third-order valence-corrected chi connectivity index (χ3v) is 3.69. The molecule has 1 rings (SSSR count). The van der Waals surface area contributed by atoms with Gasteiger partial charge in [0.1, 0.15) is 0 Å². The van der Waals surface area contributed by atoms with Gasteiger partial charge in [0.05, 0.1) is 18.1 Å². The quantitative estimate of drug-likeness (QED) is 0.774. The van der Waals surface area contributed by atoms with Crippen LogP contribution in [0.3, 0.4) is 0 Å². The highest BCUT2D eigenvalue weighted by Gasteiger charge is 2.41. The molecule has 1 aliphatic rings. The van der Waals surface area contributed by atoms with Crippen LogP contribution in [0.4, 0.5) is 0 Å². The number of rotatable bonds is 4. The third-order valence-electron chi connectivity index (χ3n) is 3.48. The Kier molecular flexibility index (Phi) is 5.06. The molecule has 1 aliphatic heterocycles. The van der Waals surface area contributed by atoms with Crippen molar-refractivity contribution in [2.75, 3.05) is 5.88 Å². The average Bonchev–Trinajstić information content (AvgIpc) is 2.41. The maximum absolute atomic E-state index is 12.1. The monoisotopic (exact) mass is 247 g/mol. The van der Waals surface area contributed by atoms with E-state index < -0.39 is 0 Å². The molecule has 1 N–H and O–H groups in total. The fourth-order valence-corrected chi connectivity index (χ4v) is 2.62. The zero-order valence-electron chi connectivity index (χ0n) is 10.5. The molecule has 16 heavy (non-hydrogen) atoms. The first kappa shape index (κ1) is 13.8. The Morgan fingerprint density at radius 3 is 2.44 bits per heavy atom. The van der Waals surface area contributed by atoms with E-state index in [2.05, 4.69) is 12.2 Å². The summed E-state index contributed by atoms with van der Waals surface area (Å²) in [5.74, 6) is 0.914. The minimum Gasteiger partial charge on any atom is -0.374 e. The van der Waals surface area contributed by atoms with Crippen LogP contribution in [0.5, 0.6) is 0 Å². The number of amides is 1. The van der Waals surface area contributed by atoms with E-state index in [1.54, 1.807) is 0 Å². The van der Waals surface area contributed by atoms with Gasteiger partial charge in [0.15, 0.2) is 0 Å². The van der Waals surface area contributed by atoms with Crippen LogP contribution in [-0.2, 0) is 9.53 Å².